The second-order valence-electron chi connectivity index (χ2n) is 4.73. The first-order chi connectivity index (χ1) is 10.4. The fourth-order valence-electron chi connectivity index (χ4n) is 2.02. The summed E-state index contributed by atoms with van der Waals surface area (Å²) in [5.41, 5.74) is -0.792. The van der Waals surface area contributed by atoms with Crippen LogP contribution in [0.25, 0.3) is 10.8 Å². The SMILES string of the molecule is CCCNC(=O)c1cc(O)c(=O)c2c(O)c(O)c(Br)cc2c1. The number of amides is 1. The number of phenols is 2. The maximum Gasteiger partial charge on any atom is 0.251 e. The van der Waals surface area contributed by atoms with Crippen LogP contribution in [-0.4, -0.2) is 27.8 Å². The van der Waals surface area contributed by atoms with E-state index in [1.54, 1.807) is 0 Å². The number of hydrogen-bond donors (Lipinski definition) is 4. The predicted octanol–water partition coefficient (Wildman–Crippen LogP) is 2.22. The average Bonchev–Trinajstić information content (AvgIpc) is 2.60. The minimum Gasteiger partial charge on any atom is -0.504 e. The first-order valence-corrected chi connectivity index (χ1v) is 7.35. The van der Waals surface area contributed by atoms with Crippen LogP contribution < -0.4 is 10.7 Å². The molecule has 0 radical (unpaired) electrons. The number of carbonyl (C=O) groups is 1. The van der Waals surface area contributed by atoms with Gasteiger partial charge in [-0.25, -0.2) is 0 Å². The number of carbonyl (C=O) groups excluding carboxylic acids is 1. The summed E-state index contributed by atoms with van der Waals surface area (Å²) in [5.74, 6) is -2.29. The fraction of sp³-hybridized carbons (Fsp3) is 0.200. The molecular weight excluding hydrogens is 354 g/mol. The first-order valence-electron chi connectivity index (χ1n) is 6.56. The monoisotopic (exact) mass is 367 g/mol. The third kappa shape index (κ3) is 2.85. The predicted molar refractivity (Wildman–Crippen MR) is 85.5 cm³/mol. The number of halogens is 1. The van der Waals surface area contributed by atoms with Crippen LogP contribution in [0, 0.1) is 0 Å². The molecule has 0 atom stereocenters. The standard InChI is InChI=1S/C15H14BrNO5/c1-2-3-17-15(22)8-4-7-5-9(16)12(19)14(21)11(7)13(20)10(18)6-8/h4-6,19,21H,2-3H2,1H3,(H,17,22)(H,18,20). The maximum absolute atomic E-state index is 12.1. The highest BCUT2D eigenvalue weighted by atomic mass is 79.9. The normalized spacial score (nSPS) is 10.6. The summed E-state index contributed by atoms with van der Waals surface area (Å²) in [7, 11) is 0. The number of phenolic OH excluding ortho intramolecular Hbond substituents is 2. The number of rotatable bonds is 3. The van der Waals surface area contributed by atoms with E-state index < -0.39 is 28.6 Å². The van der Waals surface area contributed by atoms with Crippen molar-refractivity contribution in [1.82, 2.24) is 5.32 Å². The zero-order valence-electron chi connectivity index (χ0n) is 11.7. The first kappa shape index (κ1) is 16.1. The quantitative estimate of drug-likeness (QED) is 0.622. The van der Waals surface area contributed by atoms with Crippen molar-refractivity contribution in [3.8, 4) is 17.2 Å². The van der Waals surface area contributed by atoms with Crippen LogP contribution in [0.4, 0.5) is 0 Å². The molecule has 2 aromatic rings. The molecule has 0 aliphatic heterocycles. The molecule has 0 heterocycles. The van der Waals surface area contributed by atoms with E-state index in [0.29, 0.717) is 6.54 Å². The fourth-order valence-corrected chi connectivity index (χ4v) is 2.45. The van der Waals surface area contributed by atoms with Gasteiger partial charge in [0, 0.05) is 12.1 Å². The maximum atomic E-state index is 12.1. The van der Waals surface area contributed by atoms with Gasteiger partial charge in [-0.1, -0.05) is 6.92 Å². The molecule has 2 aromatic carbocycles. The molecule has 0 saturated heterocycles. The Morgan fingerprint density at radius 2 is 1.86 bits per heavy atom. The molecule has 0 bridgehead atoms. The molecule has 2 rings (SSSR count). The summed E-state index contributed by atoms with van der Waals surface area (Å²) in [6.45, 7) is 2.35. The summed E-state index contributed by atoms with van der Waals surface area (Å²) in [6.07, 6.45) is 0.741. The van der Waals surface area contributed by atoms with Gasteiger partial charge in [0.05, 0.1) is 9.86 Å². The lowest BCUT2D eigenvalue weighted by Crippen LogP contribution is -2.23. The van der Waals surface area contributed by atoms with Crippen LogP contribution in [0.1, 0.15) is 23.7 Å². The van der Waals surface area contributed by atoms with E-state index in [4.69, 9.17) is 0 Å². The smallest absolute Gasteiger partial charge is 0.251 e. The Kier molecular flexibility index (Phi) is 4.56. The number of benzene rings is 1. The molecule has 0 unspecified atom stereocenters. The number of fused-ring (bicyclic) bond motifs is 1. The highest BCUT2D eigenvalue weighted by Crippen LogP contribution is 2.38. The second-order valence-corrected chi connectivity index (χ2v) is 5.59. The van der Waals surface area contributed by atoms with Crippen LogP contribution in [0.15, 0.2) is 27.5 Å². The van der Waals surface area contributed by atoms with E-state index in [9.17, 15) is 24.9 Å². The number of aromatic hydroxyl groups is 3. The van der Waals surface area contributed by atoms with Crippen LogP contribution in [0.3, 0.4) is 0 Å². The second kappa shape index (κ2) is 6.23. The molecule has 4 N–H and O–H groups in total. The van der Waals surface area contributed by atoms with Crippen LogP contribution >= 0.6 is 15.9 Å². The van der Waals surface area contributed by atoms with Crippen molar-refractivity contribution in [1.29, 1.82) is 0 Å². The highest BCUT2D eigenvalue weighted by Gasteiger charge is 2.16. The van der Waals surface area contributed by atoms with Crippen LogP contribution in [0.5, 0.6) is 17.2 Å². The molecule has 0 spiro atoms. The zero-order valence-corrected chi connectivity index (χ0v) is 13.3. The Bertz CT molecular complexity index is 819. The van der Waals surface area contributed by atoms with E-state index in [2.05, 4.69) is 21.2 Å². The van der Waals surface area contributed by atoms with Gasteiger partial charge < -0.3 is 20.6 Å². The molecular formula is C15H14BrNO5. The van der Waals surface area contributed by atoms with E-state index in [0.717, 1.165) is 12.5 Å². The Morgan fingerprint density at radius 1 is 1.18 bits per heavy atom. The molecule has 0 saturated carbocycles. The third-order valence-electron chi connectivity index (χ3n) is 3.12. The summed E-state index contributed by atoms with van der Waals surface area (Å²) >= 11 is 3.05. The lowest BCUT2D eigenvalue weighted by Gasteiger charge is -2.04. The molecule has 0 fully saturated rings. The van der Waals surface area contributed by atoms with Gasteiger partial charge in [-0.05, 0) is 45.9 Å². The van der Waals surface area contributed by atoms with Crippen molar-refractivity contribution in [3.05, 3.63) is 38.5 Å². The van der Waals surface area contributed by atoms with E-state index in [1.807, 2.05) is 6.92 Å². The largest absolute Gasteiger partial charge is 0.504 e. The Hall–Kier alpha value is -2.28. The van der Waals surface area contributed by atoms with E-state index in [-0.39, 0.29) is 20.8 Å². The highest BCUT2D eigenvalue weighted by molar-refractivity contribution is 9.10. The van der Waals surface area contributed by atoms with Crippen molar-refractivity contribution in [2.75, 3.05) is 6.54 Å². The summed E-state index contributed by atoms with van der Waals surface area (Å²) in [6, 6.07) is 3.80. The minimum atomic E-state index is -0.871. The van der Waals surface area contributed by atoms with E-state index >= 15 is 0 Å². The number of hydrogen-bond acceptors (Lipinski definition) is 5. The van der Waals surface area contributed by atoms with Crippen molar-refractivity contribution in [3.63, 3.8) is 0 Å². The number of nitrogens with one attached hydrogen (secondary N) is 1. The molecule has 6 nitrogen and oxygen atoms in total. The molecule has 22 heavy (non-hydrogen) atoms. The van der Waals surface area contributed by atoms with Gasteiger partial charge in [-0.3, -0.25) is 9.59 Å². The summed E-state index contributed by atoms with van der Waals surface area (Å²) < 4.78 is 0.169. The Labute approximate surface area is 134 Å². The minimum absolute atomic E-state index is 0.0787. The molecule has 0 aliphatic rings. The third-order valence-corrected chi connectivity index (χ3v) is 3.72. The average molecular weight is 368 g/mol. The van der Waals surface area contributed by atoms with Gasteiger partial charge in [-0.15, -0.1) is 0 Å². The van der Waals surface area contributed by atoms with Crippen LogP contribution in [-0.2, 0) is 0 Å². The molecule has 1 amide bonds. The topological polar surface area (TPSA) is 107 Å². The lowest BCUT2D eigenvalue weighted by molar-refractivity contribution is 0.0953. The zero-order chi connectivity index (χ0) is 16.4. The van der Waals surface area contributed by atoms with Gasteiger partial charge >= 0.3 is 0 Å². The van der Waals surface area contributed by atoms with Crippen molar-refractivity contribution < 1.29 is 20.1 Å². The Balaban J connectivity index is 2.80. The molecule has 7 heteroatoms. The van der Waals surface area contributed by atoms with Crippen molar-refractivity contribution >= 4 is 32.6 Å². The summed E-state index contributed by atoms with van der Waals surface area (Å²) in [5, 5.41) is 32.1. The molecule has 0 aromatic heterocycles. The van der Waals surface area contributed by atoms with Crippen LogP contribution in [0.2, 0.25) is 0 Å². The van der Waals surface area contributed by atoms with Gasteiger partial charge in [-0.2, -0.15) is 0 Å². The lowest BCUT2D eigenvalue weighted by atomic mass is 10.1. The van der Waals surface area contributed by atoms with Gasteiger partial charge in [0.15, 0.2) is 17.2 Å². The van der Waals surface area contributed by atoms with Crippen molar-refractivity contribution in [2.24, 2.45) is 0 Å². The molecule has 116 valence electrons. The van der Waals surface area contributed by atoms with Crippen molar-refractivity contribution in [2.45, 2.75) is 13.3 Å². The van der Waals surface area contributed by atoms with Gasteiger partial charge in [0.1, 0.15) is 0 Å². The Morgan fingerprint density at radius 3 is 2.50 bits per heavy atom. The molecule has 0 aliphatic carbocycles. The van der Waals surface area contributed by atoms with Gasteiger partial charge in [0.25, 0.3) is 5.91 Å². The van der Waals surface area contributed by atoms with Gasteiger partial charge in [0.2, 0.25) is 5.43 Å². The van der Waals surface area contributed by atoms with E-state index in [1.165, 1.54) is 12.1 Å². The summed E-state index contributed by atoms with van der Waals surface area (Å²) in [4.78, 5) is 24.2.